The molecule has 2 rings (SSSR count). The van der Waals surface area contributed by atoms with Crippen molar-refractivity contribution in [3.63, 3.8) is 0 Å². The minimum atomic E-state index is -0.432. The second-order valence-corrected chi connectivity index (χ2v) is 4.64. The van der Waals surface area contributed by atoms with Gasteiger partial charge in [-0.25, -0.2) is 9.18 Å². The number of aromatic nitrogens is 2. The van der Waals surface area contributed by atoms with E-state index in [1.807, 2.05) is 0 Å². The third-order valence-corrected chi connectivity index (χ3v) is 3.49. The molecule has 0 unspecified atom stereocenters. The largest absolute Gasteiger partial charge is 0.331 e. The van der Waals surface area contributed by atoms with Gasteiger partial charge in [0.1, 0.15) is 5.82 Å². The smallest absolute Gasteiger partial charge is 0.303 e. The predicted molar refractivity (Wildman–Crippen MR) is 69.1 cm³/mol. The first kappa shape index (κ1) is 12.8. The third-order valence-electron chi connectivity index (χ3n) is 2.60. The number of nitrogens with zero attached hydrogens (tertiary/aromatic N) is 2. The molecular weight excluding hydrogens is 303 g/mol. The maximum absolute atomic E-state index is 13.3. The molecule has 0 spiro atoms. The van der Waals surface area contributed by atoms with E-state index in [4.69, 9.17) is 0 Å². The van der Waals surface area contributed by atoms with Crippen LogP contribution in [0, 0.1) is 5.82 Å². The summed E-state index contributed by atoms with van der Waals surface area (Å²) in [7, 11) is 1.55. The zero-order valence-corrected chi connectivity index (χ0v) is 11.1. The molecule has 0 radical (unpaired) electrons. The van der Waals surface area contributed by atoms with Gasteiger partial charge in [0.15, 0.2) is 0 Å². The molecule has 0 saturated heterocycles. The van der Waals surface area contributed by atoms with Gasteiger partial charge in [-0.2, -0.15) is 0 Å². The summed E-state index contributed by atoms with van der Waals surface area (Å²) in [6, 6.07) is 5.80. The van der Waals surface area contributed by atoms with E-state index in [2.05, 4.69) is 15.9 Å². The van der Waals surface area contributed by atoms with Gasteiger partial charge >= 0.3 is 5.69 Å². The van der Waals surface area contributed by atoms with Crippen molar-refractivity contribution < 1.29 is 4.39 Å². The van der Waals surface area contributed by atoms with Gasteiger partial charge in [-0.1, -0.05) is 12.1 Å². The van der Waals surface area contributed by atoms with Gasteiger partial charge in [-0.15, -0.1) is 0 Å². The Morgan fingerprint density at radius 3 is 2.72 bits per heavy atom. The van der Waals surface area contributed by atoms with Crippen LogP contribution in [0.3, 0.4) is 0 Å². The number of rotatable bonds is 2. The molecule has 0 saturated carbocycles. The van der Waals surface area contributed by atoms with Crippen LogP contribution in [0.15, 0.2) is 44.5 Å². The van der Waals surface area contributed by atoms with Crippen molar-refractivity contribution in [2.45, 2.75) is 6.54 Å². The summed E-state index contributed by atoms with van der Waals surface area (Å²) in [5, 5.41) is 0. The van der Waals surface area contributed by atoms with Gasteiger partial charge in [0.25, 0.3) is 5.56 Å². The van der Waals surface area contributed by atoms with E-state index in [9.17, 15) is 14.0 Å². The van der Waals surface area contributed by atoms with E-state index >= 15 is 0 Å². The summed E-state index contributed by atoms with van der Waals surface area (Å²) >= 11 is 3.11. The van der Waals surface area contributed by atoms with Crippen LogP contribution in [-0.2, 0) is 13.6 Å². The maximum atomic E-state index is 13.3. The molecular formula is C12H10BrFN2O2. The lowest BCUT2D eigenvalue weighted by atomic mass is 10.2. The predicted octanol–water partition coefficient (Wildman–Crippen LogP) is 1.50. The van der Waals surface area contributed by atoms with E-state index in [1.165, 1.54) is 29.0 Å². The van der Waals surface area contributed by atoms with Gasteiger partial charge in [-0.05, 0) is 27.6 Å². The summed E-state index contributed by atoms with van der Waals surface area (Å²) in [6.07, 6.45) is 1.40. The molecule has 2 aromatic rings. The van der Waals surface area contributed by atoms with E-state index < -0.39 is 17.1 Å². The fourth-order valence-corrected chi connectivity index (χ4v) is 1.99. The highest BCUT2D eigenvalue weighted by atomic mass is 79.9. The monoisotopic (exact) mass is 312 g/mol. The Morgan fingerprint density at radius 2 is 2.00 bits per heavy atom. The molecule has 4 nitrogen and oxygen atoms in total. The lowest BCUT2D eigenvalue weighted by Crippen LogP contribution is -2.38. The Balaban J connectivity index is 2.53. The number of aryl methyl sites for hydroxylation is 1. The van der Waals surface area contributed by atoms with Gasteiger partial charge in [0.2, 0.25) is 0 Å². The Bertz CT molecular complexity index is 706. The quantitative estimate of drug-likeness (QED) is 0.843. The lowest BCUT2D eigenvalue weighted by Gasteiger charge is -2.08. The van der Waals surface area contributed by atoms with Crippen LogP contribution in [0.25, 0.3) is 0 Å². The van der Waals surface area contributed by atoms with Crippen LogP contribution >= 0.6 is 15.9 Å². The molecule has 0 aliphatic carbocycles. The minimum absolute atomic E-state index is 0.0324. The highest BCUT2D eigenvalue weighted by molar-refractivity contribution is 9.10. The number of halogens is 2. The molecule has 6 heteroatoms. The van der Waals surface area contributed by atoms with Crippen molar-refractivity contribution in [1.29, 1.82) is 0 Å². The highest BCUT2D eigenvalue weighted by Gasteiger charge is 2.09. The van der Waals surface area contributed by atoms with E-state index in [-0.39, 0.29) is 11.0 Å². The third kappa shape index (κ3) is 2.28. The van der Waals surface area contributed by atoms with E-state index in [0.29, 0.717) is 5.56 Å². The summed E-state index contributed by atoms with van der Waals surface area (Å²) in [6.45, 7) is 0.0324. The fraction of sp³-hybridized carbons (Fsp3) is 0.167. The van der Waals surface area contributed by atoms with Crippen LogP contribution in [-0.4, -0.2) is 9.13 Å². The second-order valence-electron chi connectivity index (χ2n) is 3.85. The molecule has 1 aromatic heterocycles. The first-order chi connectivity index (χ1) is 8.50. The normalized spacial score (nSPS) is 10.6. The molecule has 0 aliphatic heterocycles. The molecule has 0 atom stereocenters. The Kier molecular flexibility index (Phi) is 3.47. The molecule has 0 fully saturated rings. The first-order valence-corrected chi connectivity index (χ1v) is 5.99. The zero-order valence-electron chi connectivity index (χ0n) is 9.56. The van der Waals surface area contributed by atoms with Gasteiger partial charge < -0.3 is 4.57 Å². The lowest BCUT2D eigenvalue weighted by molar-refractivity contribution is 0.606. The van der Waals surface area contributed by atoms with Crippen LogP contribution < -0.4 is 11.2 Å². The van der Waals surface area contributed by atoms with Gasteiger partial charge in [0.05, 0.1) is 11.0 Å². The van der Waals surface area contributed by atoms with Crippen molar-refractivity contribution in [1.82, 2.24) is 9.13 Å². The Hall–Kier alpha value is -1.69. The Morgan fingerprint density at radius 1 is 1.28 bits per heavy atom. The van der Waals surface area contributed by atoms with Crippen molar-refractivity contribution in [3.05, 3.63) is 67.2 Å². The van der Waals surface area contributed by atoms with Crippen molar-refractivity contribution in [2.75, 3.05) is 0 Å². The topological polar surface area (TPSA) is 44.0 Å². The molecule has 0 amide bonds. The van der Waals surface area contributed by atoms with E-state index in [1.54, 1.807) is 13.1 Å². The highest BCUT2D eigenvalue weighted by Crippen LogP contribution is 2.20. The number of hydrogen-bond acceptors (Lipinski definition) is 2. The molecule has 0 aliphatic rings. The van der Waals surface area contributed by atoms with Crippen molar-refractivity contribution in [3.8, 4) is 0 Å². The van der Waals surface area contributed by atoms with Crippen LogP contribution in [0.4, 0.5) is 4.39 Å². The van der Waals surface area contributed by atoms with Gasteiger partial charge in [0, 0.05) is 19.3 Å². The average Bonchev–Trinajstić information content (AvgIpc) is 2.35. The molecule has 1 heterocycles. The standard InChI is InChI=1S/C12H10BrFN2O2/c1-15-6-5-10(17)16(12(15)18)7-8-3-2-4-9(14)11(8)13/h2-6H,7H2,1H3. The summed E-state index contributed by atoms with van der Waals surface area (Å²) in [4.78, 5) is 23.4. The van der Waals surface area contributed by atoms with Crippen LogP contribution in [0.2, 0.25) is 0 Å². The molecule has 0 N–H and O–H groups in total. The summed E-state index contributed by atoms with van der Waals surface area (Å²) in [5.74, 6) is -0.423. The number of benzene rings is 1. The summed E-state index contributed by atoms with van der Waals surface area (Å²) in [5.41, 5.74) is -0.298. The molecule has 18 heavy (non-hydrogen) atoms. The van der Waals surface area contributed by atoms with Crippen molar-refractivity contribution >= 4 is 15.9 Å². The molecule has 94 valence electrons. The first-order valence-electron chi connectivity index (χ1n) is 5.20. The minimum Gasteiger partial charge on any atom is -0.303 e. The number of hydrogen-bond donors (Lipinski definition) is 0. The SMILES string of the molecule is Cn1ccc(=O)n(Cc2cccc(F)c2Br)c1=O. The molecule has 1 aromatic carbocycles. The van der Waals surface area contributed by atoms with Gasteiger partial charge in [-0.3, -0.25) is 9.36 Å². The van der Waals surface area contributed by atoms with Crippen LogP contribution in [0.5, 0.6) is 0 Å². The average molecular weight is 313 g/mol. The summed E-state index contributed by atoms with van der Waals surface area (Å²) < 4.78 is 16.0. The van der Waals surface area contributed by atoms with Crippen molar-refractivity contribution in [2.24, 2.45) is 7.05 Å². The second kappa shape index (κ2) is 4.89. The Labute approximate surface area is 110 Å². The molecule has 0 bridgehead atoms. The fourth-order valence-electron chi connectivity index (χ4n) is 1.60. The zero-order chi connectivity index (χ0) is 13.3. The van der Waals surface area contributed by atoms with Crippen LogP contribution in [0.1, 0.15) is 5.56 Å². The maximum Gasteiger partial charge on any atom is 0.331 e. The van der Waals surface area contributed by atoms with E-state index in [0.717, 1.165) is 4.57 Å².